The molecule has 1 heterocycles. The van der Waals surface area contributed by atoms with Gasteiger partial charge in [-0.3, -0.25) is 0 Å². The summed E-state index contributed by atoms with van der Waals surface area (Å²) in [5.41, 5.74) is 1.89. The van der Waals surface area contributed by atoms with E-state index in [0.717, 1.165) is 28.9 Å². The molecule has 0 radical (unpaired) electrons. The molecular weight excluding hydrogens is 204 g/mol. The third kappa shape index (κ3) is 1.43. The van der Waals surface area contributed by atoms with E-state index in [1.807, 2.05) is 28.8 Å². The molecule has 84 valence electrons. The van der Waals surface area contributed by atoms with Gasteiger partial charge in [0.1, 0.15) is 0 Å². The number of benzene rings is 1. The molecule has 0 atom stereocenters. The van der Waals surface area contributed by atoms with Gasteiger partial charge in [-0.25, -0.2) is 0 Å². The Kier molecular flexibility index (Phi) is 2.81. The van der Waals surface area contributed by atoms with Crippen molar-refractivity contribution in [3.63, 3.8) is 0 Å². The summed E-state index contributed by atoms with van der Waals surface area (Å²) < 4.78 is 7.41. The van der Waals surface area contributed by atoms with E-state index in [1.165, 1.54) is 6.21 Å². The molecule has 2 aromatic rings. The molecule has 0 saturated carbocycles. The highest BCUT2D eigenvalue weighted by atomic mass is 16.5. The van der Waals surface area contributed by atoms with Gasteiger partial charge >= 0.3 is 0 Å². The van der Waals surface area contributed by atoms with Gasteiger partial charge < -0.3 is 14.5 Å². The van der Waals surface area contributed by atoms with E-state index >= 15 is 0 Å². The second-order valence-electron chi connectivity index (χ2n) is 3.43. The quantitative estimate of drug-likeness (QED) is 0.488. The molecule has 0 aliphatic heterocycles. The second kappa shape index (κ2) is 4.26. The van der Waals surface area contributed by atoms with Crippen LogP contribution in [0.2, 0.25) is 0 Å². The van der Waals surface area contributed by atoms with Crippen molar-refractivity contribution in [3.05, 3.63) is 29.8 Å². The molecule has 4 nitrogen and oxygen atoms in total. The van der Waals surface area contributed by atoms with Crippen molar-refractivity contribution >= 4 is 17.1 Å². The number of rotatable bonds is 3. The first kappa shape index (κ1) is 10.5. The van der Waals surface area contributed by atoms with Crippen molar-refractivity contribution in [3.8, 4) is 5.88 Å². The van der Waals surface area contributed by atoms with E-state index in [9.17, 15) is 0 Å². The predicted octanol–water partition coefficient (Wildman–Crippen LogP) is 2.48. The van der Waals surface area contributed by atoms with E-state index < -0.39 is 0 Å². The van der Waals surface area contributed by atoms with Crippen LogP contribution >= 0.6 is 0 Å². The second-order valence-corrected chi connectivity index (χ2v) is 3.43. The van der Waals surface area contributed by atoms with Crippen LogP contribution in [-0.4, -0.2) is 23.1 Å². The zero-order valence-corrected chi connectivity index (χ0v) is 9.34. The maximum Gasteiger partial charge on any atom is 0.203 e. The molecule has 1 aromatic heterocycles. The highest BCUT2D eigenvalue weighted by molar-refractivity contribution is 6.02. The summed E-state index contributed by atoms with van der Waals surface area (Å²) in [5, 5.41) is 12.8. The van der Waals surface area contributed by atoms with Gasteiger partial charge in [0.25, 0.3) is 0 Å². The van der Waals surface area contributed by atoms with Crippen molar-refractivity contribution in [2.75, 3.05) is 7.11 Å². The van der Waals surface area contributed by atoms with Gasteiger partial charge in [-0.15, -0.1) is 0 Å². The Morgan fingerprint density at radius 1 is 1.44 bits per heavy atom. The Labute approximate surface area is 93.7 Å². The number of methoxy groups -OCH3 is 1. The van der Waals surface area contributed by atoms with Crippen molar-refractivity contribution in [2.45, 2.75) is 13.5 Å². The predicted molar refractivity (Wildman–Crippen MR) is 63.5 cm³/mol. The number of para-hydroxylation sites is 1. The fraction of sp³-hybridized carbons (Fsp3) is 0.250. The minimum Gasteiger partial charge on any atom is -0.482 e. The summed E-state index contributed by atoms with van der Waals surface area (Å²) in [5.74, 6) is 0.724. The molecule has 2 rings (SSSR count). The SMILES string of the molecule is CCn1c(OC)c(C=NO)c2ccccc21. The number of oxime groups is 1. The lowest BCUT2D eigenvalue weighted by molar-refractivity contribution is 0.321. The lowest BCUT2D eigenvalue weighted by Crippen LogP contribution is -1.98. The molecule has 0 aliphatic rings. The Morgan fingerprint density at radius 2 is 2.19 bits per heavy atom. The fourth-order valence-corrected chi connectivity index (χ4v) is 2.02. The van der Waals surface area contributed by atoms with E-state index in [-0.39, 0.29) is 0 Å². The normalized spacial score (nSPS) is 11.4. The molecule has 0 spiro atoms. The van der Waals surface area contributed by atoms with Crippen molar-refractivity contribution in [2.24, 2.45) is 5.16 Å². The van der Waals surface area contributed by atoms with Gasteiger partial charge in [-0.2, -0.15) is 0 Å². The standard InChI is InChI=1S/C12H14N2O2/c1-3-14-11-7-5-4-6-9(11)10(8-13-15)12(14)16-2/h4-8,15H,3H2,1-2H3. The zero-order valence-electron chi connectivity index (χ0n) is 9.34. The average molecular weight is 218 g/mol. The maximum absolute atomic E-state index is 8.69. The van der Waals surface area contributed by atoms with Crippen LogP contribution in [0.1, 0.15) is 12.5 Å². The Balaban J connectivity index is 2.84. The van der Waals surface area contributed by atoms with Crippen LogP contribution in [0.3, 0.4) is 0 Å². The molecule has 0 saturated heterocycles. The third-order valence-electron chi connectivity index (χ3n) is 2.66. The van der Waals surface area contributed by atoms with Gasteiger partial charge in [0.2, 0.25) is 5.88 Å². The number of hydrogen-bond donors (Lipinski definition) is 1. The molecule has 0 amide bonds. The van der Waals surface area contributed by atoms with Gasteiger partial charge in [0.05, 0.1) is 24.4 Å². The van der Waals surface area contributed by atoms with Gasteiger partial charge in [0.15, 0.2) is 0 Å². The van der Waals surface area contributed by atoms with Crippen LogP contribution < -0.4 is 4.74 Å². The molecule has 4 heteroatoms. The molecule has 0 aliphatic carbocycles. The van der Waals surface area contributed by atoms with Crippen LogP contribution in [0.5, 0.6) is 5.88 Å². The lowest BCUT2D eigenvalue weighted by Gasteiger charge is -2.06. The smallest absolute Gasteiger partial charge is 0.203 e. The first-order chi connectivity index (χ1) is 7.83. The molecule has 1 aromatic carbocycles. The lowest BCUT2D eigenvalue weighted by atomic mass is 10.2. The zero-order chi connectivity index (χ0) is 11.5. The molecule has 0 unspecified atom stereocenters. The first-order valence-corrected chi connectivity index (χ1v) is 5.16. The number of fused-ring (bicyclic) bond motifs is 1. The first-order valence-electron chi connectivity index (χ1n) is 5.16. The van der Waals surface area contributed by atoms with Crippen molar-refractivity contribution < 1.29 is 9.94 Å². The van der Waals surface area contributed by atoms with Crippen molar-refractivity contribution in [1.82, 2.24) is 4.57 Å². The Morgan fingerprint density at radius 3 is 2.81 bits per heavy atom. The number of aryl methyl sites for hydroxylation is 1. The Bertz CT molecular complexity index is 529. The summed E-state index contributed by atoms with van der Waals surface area (Å²) in [6, 6.07) is 7.95. The highest BCUT2D eigenvalue weighted by Crippen LogP contribution is 2.30. The number of aromatic nitrogens is 1. The van der Waals surface area contributed by atoms with Crippen LogP contribution in [0.4, 0.5) is 0 Å². The van der Waals surface area contributed by atoms with Crippen LogP contribution in [0.25, 0.3) is 10.9 Å². The molecule has 0 bridgehead atoms. The number of nitrogens with zero attached hydrogens (tertiary/aromatic N) is 2. The third-order valence-corrected chi connectivity index (χ3v) is 2.66. The van der Waals surface area contributed by atoms with E-state index in [4.69, 9.17) is 9.94 Å². The molecule has 1 N–H and O–H groups in total. The summed E-state index contributed by atoms with van der Waals surface area (Å²) in [6.07, 6.45) is 1.41. The highest BCUT2D eigenvalue weighted by Gasteiger charge is 2.14. The molecule has 16 heavy (non-hydrogen) atoms. The van der Waals surface area contributed by atoms with Crippen LogP contribution in [0.15, 0.2) is 29.4 Å². The largest absolute Gasteiger partial charge is 0.482 e. The van der Waals surface area contributed by atoms with Gasteiger partial charge in [-0.05, 0) is 13.0 Å². The van der Waals surface area contributed by atoms with Crippen molar-refractivity contribution in [1.29, 1.82) is 0 Å². The minimum absolute atomic E-state index is 0.724. The summed E-state index contributed by atoms with van der Waals surface area (Å²) >= 11 is 0. The van der Waals surface area contributed by atoms with Gasteiger partial charge in [0, 0.05) is 11.9 Å². The summed E-state index contributed by atoms with van der Waals surface area (Å²) in [7, 11) is 1.62. The topological polar surface area (TPSA) is 46.8 Å². The van der Waals surface area contributed by atoms with E-state index in [1.54, 1.807) is 7.11 Å². The maximum atomic E-state index is 8.69. The Hall–Kier alpha value is -1.97. The number of ether oxygens (including phenoxy) is 1. The summed E-state index contributed by atoms with van der Waals surface area (Å²) in [4.78, 5) is 0. The van der Waals surface area contributed by atoms with E-state index in [0.29, 0.717) is 0 Å². The molecule has 0 fully saturated rings. The average Bonchev–Trinajstić information content (AvgIpc) is 2.63. The van der Waals surface area contributed by atoms with Crippen LogP contribution in [0, 0.1) is 0 Å². The fourth-order valence-electron chi connectivity index (χ4n) is 2.02. The number of hydrogen-bond acceptors (Lipinski definition) is 3. The minimum atomic E-state index is 0.724. The van der Waals surface area contributed by atoms with Gasteiger partial charge in [-0.1, -0.05) is 23.4 Å². The molecular formula is C12H14N2O2. The monoisotopic (exact) mass is 218 g/mol. The summed E-state index contributed by atoms with van der Waals surface area (Å²) in [6.45, 7) is 2.86. The van der Waals surface area contributed by atoms with E-state index in [2.05, 4.69) is 12.1 Å². The van der Waals surface area contributed by atoms with Crippen LogP contribution in [-0.2, 0) is 6.54 Å².